The molecule has 0 atom stereocenters. The van der Waals surface area contributed by atoms with Gasteiger partial charge in [0.2, 0.25) is 0 Å². The average molecular weight is 737 g/mol. The van der Waals surface area contributed by atoms with Gasteiger partial charge in [-0.15, -0.1) is 11.3 Å². The van der Waals surface area contributed by atoms with Gasteiger partial charge in [-0.2, -0.15) is 0 Å². The molecule has 0 N–H and O–H groups in total. The smallest absolute Gasteiger partial charge is 0.0433 e. The Morgan fingerprint density at radius 2 is 1.02 bits per heavy atom. The highest BCUT2D eigenvalue weighted by Crippen LogP contribution is 2.70. The minimum atomic E-state index is 0.0250. The lowest BCUT2D eigenvalue weighted by atomic mass is 9.43. The number of hydrogen-bond acceptors (Lipinski definition) is 1. The molecule has 0 amide bonds. The molecule has 8 aromatic rings. The Hall–Kier alpha value is -5.24. The van der Waals surface area contributed by atoms with Gasteiger partial charge >= 0.3 is 0 Å². The molecular weight excluding hydrogens is 693 g/mol. The van der Waals surface area contributed by atoms with E-state index in [9.17, 15) is 0 Å². The van der Waals surface area contributed by atoms with Crippen LogP contribution in [0.15, 0.2) is 146 Å². The third-order valence-electron chi connectivity index (χ3n) is 15.5. The van der Waals surface area contributed by atoms with Crippen molar-refractivity contribution in [2.24, 2.45) is 23.7 Å². The van der Waals surface area contributed by atoms with Crippen LogP contribution in [0.3, 0.4) is 0 Å². The van der Waals surface area contributed by atoms with E-state index < -0.39 is 0 Å². The zero-order valence-corrected chi connectivity index (χ0v) is 32.9. The van der Waals surface area contributed by atoms with E-state index in [1.807, 2.05) is 11.3 Å². The van der Waals surface area contributed by atoms with Gasteiger partial charge < -0.3 is 0 Å². The first-order valence-electron chi connectivity index (χ1n) is 21.0. The first kappa shape index (κ1) is 31.9. The fourth-order valence-corrected chi connectivity index (χ4v) is 14.6. The largest absolute Gasteiger partial charge is 0.135 e. The van der Waals surface area contributed by atoms with Crippen LogP contribution in [0.1, 0.15) is 68.2 Å². The van der Waals surface area contributed by atoms with Crippen molar-refractivity contribution in [3.8, 4) is 55.6 Å². The molecule has 7 aromatic carbocycles. The number of benzene rings is 7. The van der Waals surface area contributed by atoms with E-state index in [4.69, 9.17) is 0 Å². The second-order valence-corrected chi connectivity index (χ2v) is 19.5. The van der Waals surface area contributed by atoms with Crippen LogP contribution < -0.4 is 0 Å². The van der Waals surface area contributed by atoms with Crippen LogP contribution in [-0.2, 0) is 10.8 Å². The summed E-state index contributed by atoms with van der Waals surface area (Å²) >= 11 is 1.94. The predicted molar refractivity (Wildman–Crippen MR) is 236 cm³/mol. The Labute approximate surface area is 333 Å². The van der Waals surface area contributed by atoms with Gasteiger partial charge in [-0.05, 0) is 152 Å². The molecule has 0 nitrogen and oxygen atoms in total. The summed E-state index contributed by atoms with van der Waals surface area (Å²) in [5, 5.41) is 2.74. The van der Waals surface area contributed by atoms with Crippen LogP contribution in [0.4, 0.5) is 0 Å². The molecule has 0 aliphatic heterocycles. The van der Waals surface area contributed by atoms with Crippen molar-refractivity contribution in [1.82, 2.24) is 0 Å². The summed E-state index contributed by atoms with van der Waals surface area (Å²) in [5.41, 5.74) is 20.0. The molecule has 1 heteroatoms. The Bertz CT molecular complexity index is 2920. The molecule has 4 saturated carbocycles. The summed E-state index contributed by atoms with van der Waals surface area (Å²) in [7, 11) is 0. The van der Waals surface area contributed by atoms with E-state index in [2.05, 4.69) is 159 Å². The van der Waals surface area contributed by atoms with Gasteiger partial charge in [0, 0.05) is 31.0 Å². The highest BCUT2D eigenvalue weighted by atomic mass is 32.1. The first-order valence-corrected chi connectivity index (χ1v) is 21.8. The van der Waals surface area contributed by atoms with Crippen LogP contribution in [-0.4, -0.2) is 0 Å². The van der Waals surface area contributed by atoms with Gasteiger partial charge in [0.1, 0.15) is 0 Å². The molecule has 0 radical (unpaired) electrons. The van der Waals surface area contributed by atoms with Crippen molar-refractivity contribution in [3.05, 3.63) is 168 Å². The third kappa shape index (κ3) is 4.10. The molecule has 1 aromatic heterocycles. The summed E-state index contributed by atoms with van der Waals surface area (Å²) in [6.45, 7) is 4.73. The van der Waals surface area contributed by atoms with Gasteiger partial charge in [0.05, 0.1) is 0 Å². The maximum Gasteiger partial charge on any atom is 0.0433 e. The van der Waals surface area contributed by atoms with Gasteiger partial charge in [-0.1, -0.05) is 141 Å². The summed E-state index contributed by atoms with van der Waals surface area (Å²) < 4.78 is 2.77. The molecule has 0 unspecified atom stereocenters. The Balaban J connectivity index is 0.971. The highest BCUT2D eigenvalue weighted by molar-refractivity contribution is 7.26. The standard InChI is InChI=1S/C55H44S/c1-54(2)47-14-5-3-9-42(47)45-30-36(21-23-48(45)54)34-17-19-35(20-18-34)40-11-8-15-50-52(40)46-31-37(41-12-7-13-44-43-10-4-6-16-51(43)56-53(41)44)22-24-49(46)55(50)38-26-32-25-33(28-38)29-39(55)27-32/h3-24,30-33,38-39H,25-29H2,1-2H3. The second kappa shape index (κ2) is 11.2. The molecular formula is C55H44S. The molecule has 6 aliphatic carbocycles. The summed E-state index contributed by atoms with van der Waals surface area (Å²) in [5.74, 6) is 3.33. The molecule has 0 saturated heterocycles. The maximum atomic E-state index is 2.61. The summed E-state index contributed by atoms with van der Waals surface area (Å²) in [4.78, 5) is 0. The number of fused-ring (bicyclic) bond motifs is 9. The number of thiophene rings is 1. The van der Waals surface area contributed by atoms with E-state index in [0.29, 0.717) is 0 Å². The monoisotopic (exact) mass is 736 g/mol. The lowest BCUT2D eigenvalue weighted by Crippen LogP contribution is -2.55. The van der Waals surface area contributed by atoms with Crippen LogP contribution in [0, 0.1) is 23.7 Å². The van der Waals surface area contributed by atoms with Crippen molar-refractivity contribution in [3.63, 3.8) is 0 Å². The van der Waals surface area contributed by atoms with E-state index in [-0.39, 0.29) is 10.8 Å². The zero-order chi connectivity index (χ0) is 36.9. The van der Waals surface area contributed by atoms with Gasteiger partial charge in [0.25, 0.3) is 0 Å². The van der Waals surface area contributed by atoms with Crippen molar-refractivity contribution in [2.75, 3.05) is 0 Å². The molecule has 1 heterocycles. The first-order chi connectivity index (χ1) is 27.5. The molecule has 4 fully saturated rings. The normalized spacial score (nSPS) is 24.5. The summed E-state index contributed by atoms with van der Waals surface area (Å²) in [6, 6.07) is 56.6. The van der Waals surface area contributed by atoms with Crippen LogP contribution >= 0.6 is 11.3 Å². The Morgan fingerprint density at radius 1 is 0.429 bits per heavy atom. The Kier molecular flexibility index (Phi) is 6.38. The molecule has 4 bridgehead atoms. The average Bonchev–Trinajstić information content (AvgIpc) is 3.83. The molecule has 14 rings (SSSR count). The molecule has 1 spiro atoms. The minimum Gasteiger partial charge on any atom is -0.135 e. The van der Waals surface area contributed by atoms with Gasteiger partial charge in [-0.25, -0.2) is 0 Å². The lowest BCUT2D eigenvalue weighted by molar-refractivity contribution is -0.0399. The highest BCUT2D eigenvalue weighted by Gasteiger charge is 2.61. The maximum absolute atomic E-state index is 2.61. The van der Waals surface area contributed by atoms with Gasteiger partial charge in [0.15, 0.2) is 0 Å². The molecule has 270 valence electrons. The fourth-order valence-electron chi connectivity index (χ4n) is 13.4. The third-order valence-corrected chi connectivity index (χ3v) is 16.7. The van der Waals surface area contributed by atoms with Crippen molar-refractivity contribution in [2.45, 2.75) is 56.8 Å². The van der Waals surface area contributed by atoms with E-state index >= 15 is 0 Å². The predicted octanol–water partition coefficient (Wildman–Crippen LogP) is 15.1. The topological polar surface area (TPSA) is 0 Å². The SMILES string of the molecule is CC1(C)c2ccccc2-c2cc(-c3ccc(-c4cccc5c4-c4cc(-c6cccc7c6sc6ccccc67)ccc4C54C5CC6CC(C5)CC4C6)cc3)ccc21. The molecule has 56 heavy (non-hydrogen) atoms. The lowest BCUT2D eigenvalue weighted by Gasteiger charge is -2.61. The van der Waals surface area contributed by atoms with Crippen molar-refractivity contribution in [1.29, 1.82) is 0 Å². The number of rotatable bonds is 3. The quantitative estimate of drug-likeness (QED) is 0.169. The summed E-state index contributed by atoms with van der Waals surface area (Å²) in [6.07, 6.45) is 7.07. The second-order valence-electron chi connectivity index (χ2n) is 18.5. The van der Waals surface area contributed by atoms with Gasteiger partial charge in [-0.3, -0.25) is 0 Å². The van der Waals surface area contributed by atoms with E-state index in [1.54, 1.807) is 11.1 Å². The van der Waals surface area contributed by atoms with Crippen LogP contribution in [0.5, 0.6) is 0 Å². The molecule has 6 aliphatic rings. The zero-order valence-electron chi connectivity index (χ0n) is 32.1. The van der Waals surface area contributed by atoms with Crippen LogP contribution in [0.25, 0.3) is 75.8 Å². The van der Waals surface area contributed by atoms with E-state index in [1.165, 1.54) is 119 Å². The van der Waals surface area contributed by atoms with Crippen LogP contribution in [0.2, 0.25) is 0 Å². The minimum absolute atomic E-state index is 0.0250. The Morgan fingerprint density at radius 3 is 1.86 bits per heavy atom. The van der Waals surface area contributed by atoms with E-state index in [0.717, 1.165) is 23.7 Å². The van der Waals surface area contributed by atoms with Crippen molar-refractivity contribution >= 4 is 31.5 Å². The number of hydrogen-bond donors (Lipinski definition) is 0. The fraction of sp³-hybridized carbons (Fsp3) is 0.236. The van der Waals surface area contributed by atoms with Crippen molar-refractivity contribution < 1.29 is 0 Å².